The molecule has 0 aliphatic carbocycles. The van der Waals surface area contributed by atoms with E-state index in [1.165, 1.54) is 23.9 Å². The number of benzene rings is 2. The van der Waals surface area contributed by atoms with Gasteiger partial charge in [-0.2, -0.15) is 4.39 Å². The Kier molecular flexibility index (Phi) is 3.39. The van der Waals surface area contributed by atoms with E-state index in [1.807, 2.05) is 30.3 Å². The standard InChI is InChI=1S/C12H8FNO2S/c13-11-7-6-10(8-12(11)14(15)16)17-9-4-2-1-3-5-9/h1-8H. The van der Waals surface area contributed by atoms with Gasteiger partial charge >= 0.3 is 5.69 Å². The number of nitrogens with zero attached hydrogens (tertiary/aromatic N) is 1. The molecule has 0 aliphatic heterocycles. The van der Waals surface area contributed by atoms with Crippen LogP contribution in [0.4, 0.5) is 10.1 Å². The first-order chi connectivity index (χ1) is 8.16. The van der Waals surface area contributed by atoms with E-state index in [4.69, 9.17) is 0 Å². The zero-order valence-electron chi connectivity index (χ0n) is 8.67. The Labute approximate surface area is 101 Å². The molecule has 0 saturated carbocycles. The van der Waals surface area contributed by atoms with E-state index in [9.17, 15) is 14.5 Å². The summed E-state index contributed by atoms with van der Waals surface area (Å²) in [6, 6.07) is 13.3. The Bertz CT molecular complexity index is 545. The van der Waals surface area contributed by atoms with Gasteiger partial charge in [0.05, 0.1) is 4.92 Å². The summed E-state index contributed by atoms with van der Waals surface area (Å²) in [6.45, 7) is 0. The van der Waals surface area contributed by atoms with Crippen LogP contribution < -0.4 is 0 Å². The molecule has 3 nitrogen and oxygen atoms in total. The molecular formula is C12H8FNO2S. The van der Waals surface area contributed by atoms with Gasteiger partial charge in [0.15, 0.2) is 0 Å². The number of halogens is 1. The highest BCUT2D eigenvalue weighted by Gasteiger charge is 2.14. The highest BCUT2D eigenvalue weighted by atomic mass is 32.2. The van der Waals surface area contributed by atoms with E-state index in [0.29, 0.717) is 4.90 Å². The number of nitro benzene ring substituents is 1. The van der Waals surface area contributed by atoms with Crippen LogP contribution >= 0.6 is 11.8 Å². The fourth-order valence-corrected chi connectivity index (χ4v) is 2.19. The van der Waals surface area contributed by atoms with Crippen molar-refractivity contribution in [3.63, 3.8) is 0 Å². The van der Waals surface area contributed by atoms with E-state index < -0.39 is 16.4 Å². The molecule has 2 aromatic rings. The van der Waals surface area contributed by atoms with Crippen molar-refractivity contribution in [1.29, 1.82) is 0 Å². The quantitative estimate of drug-likeness (QED) is 0.612. The van der Waals surface area contributed by atoms with Crippen LogP contribution in [0.2, 0.25) is 0 Å². The van der Waals surface area contributed by atoms with Gasteiger partial charge in [-0.25, -0.2) is 0 Å². The summed E-state index contributed by atoms with van der Waals surface area (Å²) >= 11 is 1.36. The van der Waals surface area contributed by atoms with Crippen molar-refractivity contribution < 1.29 is 9.31 Å². The van der Waals surface area contributed by atoms with Crippen molar-refractivity contribution in [2.75, 3.05) is 0 Å². The lowest BCUT2D eigenvalue weighted by molar-refractivity contribution is -0.387. The van der Waals surface area contributed by atoms with Gasteiger partial charge in [0.25, 0.3) is 0 Å². The fourth-order valence-electron chi connectivity index (χ4n) is 1.32. The molecule has 0 amide bonds. The highest BCUT2D eigenvalue weighted by molar-refractivity contribution is 7.99. The number of hydrogen-bond donors (Lipinski definition) is 0. The Hall–Kier alpha value is -1.88. The molecule has 0 saturated heterocycles. The molecule has 86 valence electrons. The van der Waals surface area contributed by atoms with Gasteiger partial charge in [-0.15, -0.1) is 0 Å². The first kappa shape index (κ1) is 11.6. The third-order valence-corrected chi connectivity index (χ3v) is 3.09. The fraction of sp³-hybridized carbons (Fsp3) is 0. The summed E-state index contributed by atoms with van der Waals surface area (Å²) < 4.78 is 13.1. The molecule has 17 heavy (non-hydrogen) atoms. The lowest BCUT2D eigenvalue weighted by Crippen LogP contribution is -1.92. The summed E-state index contributed by atoms with van der Waals surface area (Å²) in [6.07, 6.45) is 0. The molecule has 0 unspecified atom stereocenters. The topological polar surface area (TPSA) is 43.1 Å². The van der Waals surface area contributed by atoms with Crippen LogP contribution in [0.5, 0.6) is 0 Å². The zero-order valence-corrected chi connectivity index (χ0v) is 9.49. The lowest BCUT2D eigenvalue weighted by Gasteiger charge is -2.01. The molecular weight excluding hydrogens is 241 g/mol. The maximum Gasteiger partial charge on any atom is 0.305 e. The van der Waals surface area contributed by atoms with Crippen LogP contribution in [-0.2, 0) is 0 Å². The molecule has 0 bridgehead atoms. The molecule has 0 aromatic heterocycles. The molecule has 0 radical (unpaired) electrons. The smallest absolute Gasteiger partial charge is 0.258 e. The van der Waals surface area contributed by atoms with Gasteiger partial charge < -0.3 is 0 Å². The average molecular weight is 249 g/mol. The van der Waals surface area contributed by atoms with E-state index in [1.54, 1.807) is 0 Å². The van der Waals surface area contributed by atoms with Gasteiger partial charge in [0.1, 0.15) is 0 Å². The maximum atomic E-state index is 13.1. The lowest BCUT2D eigenvalue weighted by atomic mass is 10.3. The van der Waals surface area contributed by atoms with Gasteiger partial charge in [0, 0.05) is 15.9 Å². The minimum Gasteiger partial charge on any atom is -0.258 e. The van der Waals surface area contributed by atoms with Crippen LogP contribution in [-0.4, -0.2) is 4.92 Å². The van der Waals surface area contributed by atoms with Crippen molar-refractivity contribution in [2.45, 2.75) is 9.79 Å². The number of rotatable bonds is 3. The monoisotopic (exact) mass is 249 g/mol. The molecule has 2 rings (SSSR count). The van der Waals surface area contributed by atoms with E-state index in [-0.39, 0.29) is 0 Å². The van der Waals surface area contributed by atoms with Gasteiger partial charge in [-0.05, 0) is 24.3 Å². The van der Waals surface area contributed by atoms with Gasteiger partial charge in [0.2, 0.25) is 5.82 Å². The second-order valence-electron chi connectivity index (χ2n) is 3.29. The maximum absolute atomic E-state index is 13.1. The predicted molar refractivity (Wildman–Crippen MR) is 63.6 cm³/mol. The highest BCUT2D eigenvalue weighted by Crippen LogP contribution is 2.30. The molecule has 2 aromatic carbocycles. The third kappa shape index (κ3) is 2.82. The third-order valence-electron chi connectivity index (χ3n) is 2.09. The van der Waals surface area contributed by atoms with Crippen molar-refractivity contribution >= 4 is 17.4 Å². The minimum absolute atomic E-state index is 0.495. The second-order valence-corrected chi connectivity index (χ2v) is 4.43. The molecule has 0 fully saturated rings. The van der Waals surface area contributed by atoms with Crippen molar-refractivity contribution in [3.05, 3.63) is 64.5 Å². The zero-order chi connectivity index (χ0) is 12.3. The first-order valence-corrected chi connectivity index (χ1v) is 5.65. The molecule has 0 aliphatic rings. The normalized spacial score (nSPS) is 10.2. The van der Waals surface area contributed by atoms with Crippen LogP contribution in [0.25, 0.3) is 0 Å². The Morgan fingerprint density at radius 1 is 1.06 bits per heavy atom. The summed E-state index contributed by atoms with van der Waals surface area (Å²) in [5.74, 6) is -0.813. The van der Waals surface area contributed by atoms with Crippen molar-refractivity contribution in [1.82, 2.24) is 0 Å². The predicted octanol–water partition coefficient (Wildman–Crippen LogP) is 3.89. The summed E-state index contributed by atoms with van der Waals surface area (Å²) in [5, 5.41) is 10.6. The van der Waals surface area contributed by atoms with E-state index >= 15 is 0 Å². The van der Waals surface area contributed by atoms with Crippen LogP contribution in [0, 0.1) is 15.9 Å². The van der Waals surface area contributed by atoms with Crippen molar-refractivity contribution in [2.24, 2.45) is 0 Å². The average Bonchev–Trinajstić information content (AvgIpc) is 2.32. The van der Waals surface area contributed by atoms with Gasteiger partial charge in [-0.3, -0.25) is 10.1 Å². The molecule has 0 N–H and O–H groups in total. The van der Waals surface area contributed by atoms with Crippen molar-refractivity contribution in [3.8, 4) is 0 Å². The minimum atomic E-state index is -0.813. The molecule has 0 atom stereocenters. The first-order valence-electron chi connectivity index (χ1n) is 4.83. The SMILES string of the molecule is O=[N+]([O-])c1cc(Sc2ccccc2)ccc1F. The summed E-state index contributed by atoms with van der Waals surface area (Å²) in [7, 11) is 0. The van der Waals surface area contributed by atoms with Crippen LogP contribution in [0.1, 0.15) is 0 Å². The number of hydrogen-bond acceptors (Lipinski definition) is 3. The van der Waals surface area contributed by atoms with E-state index in [2.05, 4.69) is 0 Å². The van der Waals surface area contributed by atoms with E-state index in [0.717, 1.165) is 11.0 Å². The number of nitro groups is 1. The molecule has 5 heteroatoms. The van der Waals surface area contributed by atoms with Crippen LogP contribution in [0.15, 0.2) is 58.3 Å². The van der Waals surface area contributed by atoms with Gasteiger partial charge in [-0.1, -0.05) is 30.0 Å². The van der Waals surface area contributed by atoms with Crippen LogP contribution in [0.3, 0.4) is 0 Å². The molecule has 0 heterocycles. The summed E-state index contributed by atoms with van der Waals surface area (Å²) in [4.78, 5) is 11.5. The molecule has 0 spiro atoms. The Balaban J connectivity index is 2.29. The largest absolute Gasteiger partial charge is 0.305 e. The Morgan fingerprint density at radius 2 is 1.76 bits per heavy atom. The Morgan fingerprint density at radius 3 is 2.41 bits per heavy atom. The summed E-state index contributed by atoms with van der Waals surface area (Å²) in [5.41, 5.74) is -0.495. The second kappa shape index (κ2) is 4.97.